The van der Waals surface area contributed by atoms with Crippen LogP contribution in [-0.4, -0.2) is 74.2 Å². The summed E-state index contributed by atoms with van der Waals surface area (Å²) in [6.07, 6.45) is -0.548. The Bertz CT molecular complexity index is 710. The van der Waals surface area contributed by atoms with Crippen molar-refractivity contribution in [3.05, 3.63) is 0 Å². The quantitative estimate of drug-likeness (QED) is 0.473. The number of hydrogen-bond donors (Lipinski definition) is 0. The van der Waals surface area contributed by atoms with Crippen LogP contribution < -0.4 is 0 Å². The van der Waals surface area contributed by atoms with Crippen molar-refractivity contribution in [1.82, 2.24) is 9.21 Å². The Morgan fingerprint density at radius 1 is 1.21 bits per heavy atom. The maximum absolute atomic E-state index is 13.0. The van der Waals surface area contributed by atoms with Gasteiger partial charge in [-0.15, -0.1) is 0 Å². The van der Waals surface area contributed by atoms with E-state index in [1.165, 1.54) is 14.1 Å². The Balaban J connectivity index is 3.45. The van der Waals surface area contributed by atoms with Crippen LogP contribution in [0.1, 0.15) is 41.0 Å². The van der Waals surface area contributed by atoms with Crippen LogP contribution in [0.3, 0.4) is 0 Å². The van der Waals surface area contributed by atoms with E-state index in [2.05, 4.69) is 0 Å². The molecule has 1 heterocycles. The molecule has 1 aliphatic rings. The second kappa shape index (κ2) is 8.77. The Morgan fingerprint density at radius 2 is 1.75 bits per heavy atom. The Morgan fingerprint density at radius 3 is 2.14 bits per heavy atom. The van der Waals surface area contributed by atoms with E-state index in [0.29, 0.717) is 6.42 Å². The van der Waals surface area contributed by atoms with E-state index in [1.54, 1.807) is 20.8 Å². The summed E-state index contributed by atoms with van der Waals surface area (Å²) >= 11 is 0. The lowest BCUT2D eigenvalue weighted by Gasteiger charge is -2.30. The molecule has 0 bridgehead atoms. The molecule has 2 amide bonds. The molecule has 0 aromatic carbocycles. The molecule has 0 aromatic heterocycles. The third kappa shape index (κ3) is 5.66. The standard InChI is InChI=1S/C18H32N2O7S/c1-11(2)9-13-12(10-28(24,25)19(6)7)14(16(22)26-8)15(21)20(13)17(23)27-18(3,4)5/h11-14H,9-10H2,1-8H3/t12-,13+,14+/m1/s1. The highest BCUT2D eigenvalue weighted by Crippen LogP contribution is 2.38. The fourth-order valence-electron chi connectivity index (χ4n) is 3.21. The van der Waals surface area contributed by atoms with Gasteiger partial charge in [-0.3, -0.25) is 9.59 Å². The molecule has 1 saturated heterocycles. The zero-order valence-electron chi connectivity index (χ0n) is 17.9. The summed E-state index contributed by atoms with van der Waals surface area (Å²) in [6, 6.07) is -0.791. The number of imide groups is 1. The fourth-order valence-corrected chi connectivity index (χ4v) is 4.41. The maximum Gasteiger partial charge on any atom is 0.417 e. The van der Waals surface area contributed by atoms with Crippen LogP contribution in [0.2, 0.25) is 0 Å². The van der Waals surface area contributed by atoms with Crippen LogP contribution in [0.4, 0.5) is 4.79 Å². The molecular weight excluding hydrogens is 388 g/mol. The third-order valence-corrected chi connectivity index (χ3v) is 6.39. The lowest BCUT2D eigenvalue weighted by Crippen LogP contribution is -2.45. The molecule has 0 N–H and O–H groups in total. The number of carbonyl (C=O) groups excluding carboxylic acids is 3. The topological polar surface area (TPSA) is 110 Å². The summed E-state index contributed by atoms with van der Waals surface area (Å²) in [7, 11) is 0.142. The molecule has 0 spiro atoms. The molecule has 162 valence electrons. The van der Waals surface area contributed by atoms with Crippen molar-refractivity contribution in [2.24, 2.45) is 17.8 Å². The van der Waals surface area contributed by atoms with Crippen LogP contribution >= 0.6 is 0 Å². The molecule has 0 unspecified atom stereocenters. The van der Waals surface area contributed by atoms with Crippen LogP contribution in [0.5, 0.6) is 0 Å². The number of ether oxygens (including phenoxy) is 2. The van der Waals surface area contributed by atoms with E-state index in [9.17, 15) is 22.8 Å². The molecule has 1 rings (SSSR count). The van der Waals surface area contributed by atoms with Gasteiger partial charge in [0, 0.05) is 26.1 Å². The molecule has 1 fully saturated rings. The van der Waals surface area contributed by atoms with Gasteiger partial charge in [-0.25, -0.2) is 22.4 Å². The first-order valence-corrected chi connectivity index (χ1v) is 10.8. The predicted octanol–water partition coefficient (Wildman–Crippen LogP) is 1.48. The summed E-state index contributed by atoms with van der Waals surface area (Å²) in [5, 5.41) is 0. The van der Waals surface area contributed by atoms with E-state index in [4.69, 9.17) is 9.47 Å². The minimum absolute atomic E-state index is 0.0451. The first kappa shape index (κ1) is 24.4. The van der Waals surface area contributed by atoms with Crippen LogP contribution in [0.25, 0.3) is 0 Å². The van der Waals surface area contributed by atoms with Gasteiger partial charge in [-0.1, -0.05) is 13.8 Å². The van der Waals surface area contributed by atoms with Crippen molar-refractivity contribution in [2.75, 3.05) is 27.0 Å². The minimum atomic E-state index is -3.74. The number of nitrogens with zero attached hydrogens (tertiary/aromatic N) is 2. The molecule has 10 heteroatoms. The molecular formula is C18H32N2O7S. The zero-order chi connectivity index (χ0) is 22.0. The van der Waals surface area contributed by atoms with Crippen molar-refractivity contribution in [1.29, 1.82) is 0 Å². The predicted molar refractivity (Wildman–Crippen MR) is 103 cm³/mol. The number of hydrogen-bond acceptors (Lipinski definition) is 7. The van der Waals surface area contributed by atoms with Crippen molar-refractivity contribution >= 4 is 28.0 Å². The van der Waals surface area contributed by atoms with E-state index < -0.39 is 57.2 Å². The van der Waals surface area contributed by atoms with Gasteiger partial charge in [0.1, 0.15) is 11.5 Å². The second-order valence-corrected chi connectivity index (χ2v) is 10.8. The average Bonchev–Trinajstić information content (AvgIpc) is 2.75. The lowest BCUT2D eigenvalue weighted by molar-refractivity contribution is -0.151. The number of esters is 1. The highest BCUT2D eigenvalue weighted by molar-refractivity contribution is 7.89. The number of methoxy groups -OCH3 is 1. The van der Waals surface area contributed by atoms with Gasteiger partial charge >= 0.3 is 12.1 Å². The molecule has 1 aliphatic heterocycles. The van der Waals surface area contributed by atoms with Gasteiger partial charge in [0.15, 0.2) is 0 Å². The third-order valence-electron chi connectivity index (χ3n) is 4.48. The first-order chi connectivity index (χ1) is 12.6. The highest BCUT2D eigenvalue weighted by Gasteiger charge is 2.56. The summed E-state index contributed by atoms with van der Waals surface area (Å²) in [6.45, 7) is 8.76. The van der Waals surface area contributed by atoms with Crippen molar-refractivity contribution in [3.63, 3.8) is 0 Å². The Kier molecular flexibility index (Phi) is 7.63. The number of amides is 2. The largest absolute Gasteiger partial charge is 0.468 e. The van der Waals surface area contributed by atoms with E-state index in [0.717, 1.165) is 16.3 Å². The van der Waals surface area contributed by atoms with Gasteiger partial charge in [0.2, 0.25) is 15.9 Å². The summed E-state index contributed by atoms with van der Waals surface area (Å²) in [4.78, 5) is 39.0. The van der Waals surface area contributed by atoms with Gasteiger partial charge in [0.25, 0.3) is 0 Å². The number of rotatable bonds is 6. The van der Waals surface area contributed by atoms with Gasteiger partial charge in [-0.2, -0.15) is 0 Å². The number of carbonyl (C=O) groups is 3. The molecule has 0 aliphatic carbocycles. The summed E-state index contributed by atoms with van der Waals surface area (Å²) in [5.41, 5.74) is -0.853. The van der Waals surface area contributed by atoms with E-state index in [1.807, 2.05) is 13.8 Å². The van der Waals surface area contributed by atoms with Crippen molar-refractivity contribution in [2.45, 2.75) is 52.7 Å². The van der Waals surface area contributed by atoms with Crippen LogP contribution in [0.15, 0.2) is 0 Å². The SMILES string of the molecule is COC(=O)[C@@H]1C(=O)N(C(=O)OC(C)(C)C)[C@@H](CC(C)C)[C@H]1CS(=O)(=O)N(C)C. The summed E-state index contributed by atoms with van der Waals surface area (Å²) < 4.78 is 36.2. The first-order valence-electron chi connectivity index (χ1n) is 9.16. The molecule has 0 radical (unpaired) electrons. The fraction of sp³-hybridized carbons (Fsp3) is 0.833. The van der Waals surface area contributed by atoms with Crippen molar-refractivity contribution < 1.29 is 32.3 Å². The smallest absolute Gasteiger partial charge is 0.417 e. The molecule has 9 nitrogen and oxygen atoms in total. The zero-order valence-corrected chi connectivity index (χ0v) is 18.7. The lowest BCUT2D eigenvalue weighted by atomic mass is 9.87. The van der Waals surface area contributed by atoms with Gasteiger partial charge in [-0.05, 0) is 33.1 Å². The van der Waals surface area contributed by atoms with Gasteiger partial charge in [0.05, 0.1) is 12.9 Å². The minimum Gasteiger partial charge on any atom is -0.468 e. The normalized spacial score (nSPS) is 23.4. The molecule has 28 heavy (non-hydrogen) atoms. The van der Waals surface area contributed by atoms with Gasteiger partial charge < -0.3 is 9.47 Å². The summed E-state index contributed by atoms with van der Waals surface area (Å²) in [5.74, 6) is -4.36. The van der Waals surface area contributed by atoms with Crippen LogP contribution in [0, 0.1) is 17.8 Å². The van der Waals surface area contributed by atoms with Crippen LogP contribution in [-0.2, 0) is 29.1 Å². The molecule has 0 aromatic rings. The maximum atomic E-state index is 13.0. The average molecular weight is 421 g/mol. The highest BCUT2D eigenvalue weighted by atomic mass is 32.2. The van der Waals surface area contributed by atoms with E-state index in [-0.39, 0.29) is 5.92 Å². The monoisotopic (exact) mass is 420 g/mol. The second-order valence-electron chi connectivity index (χ2n) is 8.61. The van der Waals surface area contributed by atoms with Crippen molar-refractivity contribution in [3.8, 4) is 0 Å². The molecule has 0 saturated carbocycles. The van der Waals surface area contributed by atoms with E-state index >= 15 is 0 Å². The Hall–Kier alpha value is -1.68. The Labute approximate surface area is 167 Å². The number of likely N-dealkylation sites (tertiary alicyclic amines) is 1. The number of sulfonamides is 1. The molecule has 3 atom stereocenters.